The minimum atomic E-state index is -1.19. The first-order chi connectivity index (χ1) is 18.8. The molecule has 3 N–H and O–H groups in total. The van der Waals surface area contributed by atoms with Crippen molar-refractivity contribution in [1.29, 1.82) is 0 Å². The maximum Gasteiger partial charge on any atom is 0.328 e. The van der Waals surface area contributed by atoms with Gasteiger partial charge < -0.3 is 25.3 Å². The molecule has 1 fully saturated rings. The highest BCUT2D eigenvalue weighted by atomic mass is 16.5. The molecular weight excluding hydrogens is 498 g/mol. The molecule has 1 saturated heterocycles. The summed E-state index contributed by atoms with van der Waals surface area (Å²) in [5, 5.41) is 9.00. The maximum atomic E-state index is 13.7. The number of piperidine rings is 1. The highest BCUT2D eigenvalue weighted by Crippen LogP contribution is 2.20. The Bertz CT molecular complexity index is 1380. The van der Waals surface area contributed by atoms with Crippen molar-refractivity contribution in [1.82, 2.24) is 25.5 Å². The number of ether oxygens (including phenoxy) is 1. The molecule has 0 spiro atoms. The predicted octanol–water partition coefficient (Wildman–Crippen LogP) is 1.40. The van der Waals surface area contributed by atoms with Gasteiger partial charge >= 0.3 is 5.97 Å². The number of nitrogens with zero attached hydrogens (tertiary/aromatic N) is 2. The van der Waals surface area contributed by atoms with Gasteiger partial charge in [-0.3, -0.25) is 14.4 Å². The van der Waals surface area contributed by atoms with Crippen molar-refractivity contribution < 1.29 is 19.1 Å². The number of nitrogens with one attached hydrogen (secondary N) is 3. The number of amides is 2. The first kappa shape index (κ1) is 28.0. The summed E-state index contributed by atoms with van der Waals surface area (Å²) in [7, 11) is 1.68. The standard InChI is InChI=1S/C29H35N5O5/c1-3-39-27(37)23(19-20-9-5-4-6-10-20)32-28(38)29(15-17-30-18-16-29)33-25(35)14-13-22-26(36)34(2)24-12-8-7-11-21(24)31-22/h4-12,23,30H,3,13-19H2,1-2H3,(H,32,38)(H,33,35). The Hall–Kier alpha value is -4.05. The van der Waals surface area contributed by atoms with E-state index in [1.54, 1.807) is 14.0 Å². The Labute approximate surface area is 227 Å². The molecule has 0 bridgehead atoms. The lowest BCUT2D eigenvalue weighted by Gasteiger charge is -2.38. The fraction of sp³-hybridized carbons (Fsp3) is 0.414. The van der Waals surface area contributed by atoms with Crippen LogP contribution in [0.1, 0.15) is 37.4 Å². The lowest BCUT2D eigenvalue weighted by Crippen LogP contribution is -2.64. The van der Waals surface area contributed by atoms with Gasteiger partial charge in [-0.15, -0.1) is 0 Å². The highest BCUT2D eigenvalue weighted by Gasteiger charge is 2.42. The number of fused-ring (bicyclic) bond motifs is 1. The van der Waals surface area contributed by atoms with E-state index in [-0.39, 0.29) is 37.3 Å². The Kier molecular flexibility index (Phi) is 9.08. The second kappa shape index (κ2) is 12.7. The summed E-state index contributed by atoms with van der Waals surface area (Å²) in [5.41, 5.74) is 1.12. The van der Waals surface area contributed by atoms with E-state index in [1.165, 1.54) is 4.57 Å². The van der Waals surface area contributed by atoms with E-state index in [4.69, 9.17) is 4.74 Å². The quantitative estimate of drug-likeness (QED) is 0.336. The average molecular weight is 534 g/mol. The lowest BCUT2D eigenvalue weighted by molar-refractivity contribution is -0.148. The lowest BCUT2D eigenvalue weighted by atomic mass is 9.86. The summed E-state index contributed by atoms with van der Waals surface area (Å²) >= 11 is 0. The van der Waals surface area contributed by atoms with Gasteiger partial charge in [0.2, 0.25) is 11.8 Å². The van der Waals surface area contributed by atoms with Crippen molar-refractivity contribution in [3.8, 4) is 0 Å². The number of carbonyl (C=O) groups excluding carboxylic acids is 3. The molecule has 1 atom stereocenters. The molecule has 10 nitrogen and oxygen atoms in total. The van der Waals surface area contributed by atoms with Crippen LogP contribution in [0.2, 0.25) is 0 Å². The molecule has 39 heavy (non-hydrogen) atoms. The molecule has 1 aliphatic heterocycles. The van der Waals surface area contributed by atoms with E-state index in [1.807, 2.05) is 54.6 Å². The number of carbonyl (C=O) groups is 3. The third-order valence-electron chi connectivity index (χ3n) is 7.07. The molecule has 4 rings (SSSR count). The van der Waals surface area contributed by atoms with Crippen LogP contribution < -0.4 is 21.5 Å². The molecule has 1 unspecified atom stereocenters. The molecule has 2 heterocycles. The van der Waals surface area contributed by atoms with Gasteiger partial charge in [0.25, 0.3) is 5.56 Å². The van der Waals surface area contributed by atoms with E-state index >= 15 is 0 Å². The number of esters is 1. The van der Waals surface area contributed by atoms with Gasteiger partial charge in [0.15, 0.2) is 0 Å². The van der Waals surface area contributed by atoms with Gasteiger partial charge in [-0.25, -0.2) is 9.78 Å². The molecule has 10 heteroatoms. The third-order valence-corrected chi connectivity index (χ3v) is 7.07. The third kappa shape index (κ3) is 6.69. The van der Waals surface area contributed by atoms with Crippen molar-refractivity contribution in [3.05, 3.63) is 76.2 Å². The SMILES string of the molecule is CCOC(=O)C(Cc1ccccc1)NC(=O)C1(NC(=O)CCc2nc3ccccc3n(C)c2=O)CCNCC1. The molecule has 0 saturated carbocycles. The van der Waals surface area contributed by atoms with Gasteiger partial charge in [0.05, 0.1) is 17.6 Å². The minimum absolute atomic E-state index is 0.00560. The van der Waals surface area contributed by atoms with Crippen LogP contribution in [0, 0.1) is 0 Å². The monoisotopic (exact) mass is 533 g/mol. The molecule has 206 valence electrons. The zero-order valence-corrected chi connectivity index (χ0v) is 22.4. The normalized spacial score (nSPS) is 15.3. The summed E-state index contributed by atoms with van der Waals surface area (Å²) in [5.74, 6) is -1.31. The Morgan fingerprint density at radius 1 is 1.08 bits per heavy atom. The molecule has 2 aromatic carbocycles. The molecule has 1 aromatic heterocycles. The first-order valence-electron chi connectivity index (χ1n) is 13.3. The molecular formula is C29H35N5O5. The van der Waals surface area contributed by atoms with E-state index in [0.29, 0.717) is 42.7 Å². The molecule has 0 radical (unpaired) electrons. The van der Waals surface area contributed by atoms with Crippen LogP contribution in [-0.2, 0) is 39.0 Å². The molecule has 2 amide bonds. The van der Waals surface area contributed by atoms with Crippen molar-refractivity contribution in [3.63, 3.8) is 0 Å². The average Bonchev–Trinajstić information content (AvgIpc) is 2.95. The van der Waals surface area contributed by atoms with Crippen molar-refractivity contribution in [2.75, 3.05) is 19.7 Å². The summed E-state index contributed by atoms with van der Waals surface area (Å²) in [4.78, 5) is 56.8. The zero-order valence-electron chi connectivity index (χ0n) is 22.4. The highest BCUT2D eigenvalue weighted by molar-refractivity contribution is 5.94. The number of aromatic nitrogens is 2. The minimum Gasteiger partial charge on any atom is -0.464 e. The maximum absolute atomic E-state index is 13.7. The fourth-order valence-corrected chi connectivity index (χ4v) is 4.91. The summed E-state index contributed by atoms with van der Waals surface area (Å²) < 4.78 is 6.75. The Balaban J connectivity index is 1.48. The number of benzene rings is 2. The van der Waals surface area contributed by atoms with E-state index in [2.05, 4.69) is 20.9 Å². The van der Waals surface area contributed by atoms with Gasteiger partial charge in [-0.2, -0.15) is 0 Å². The van der Waals surface area contributed by atoms with Gasteiger partial charge in [0, 0.05) is 26.3 Å². The number of aryl methyl sites for hydroxylation is 2. The van der Waals surface area contributed by atoms with E-state index in [0.717, 1.165) is 5.56 Å². The van der Waals surface area contributed by atoms with Crippen LogP contribution in [0.15, 0.2) is 59.4 Å². The largest absolute Gasteiger partial charge is 0.464 e. The second-order valence-corrected chi connectivity index (χ2v) is 9.76. The fourth-order valence-electron chi connectivity index (χ4n) is 4.91. The zero-order chi connectivity index (χ0) is 27.8. The number of rotatable bonds is 10. The van der Waals surface area contributed by atoms with E-state index in [9.17, 15) is 19.2 Å². The van der Waals surface area contributed by atoms with Crippen LogP contribution in [0.25, 0.3) is 11.0 Å². The van der Waals surface area contributed by atoms with Crippen LogP contribution in [0.3, 0.4) is 0 Å². The second-order valence-electron chi connectivity index (χ2n) is 9.76. The summed E-state index contributed by atoms with van der Waals surface area (Å²) in [6.07, 6.45) is 1.13. The van der Waals surface area contributed by atoms with Gasteiger partial charge in [-0.05, 0) is 50.6 Å². The number of hydrogen-bond donors (Lipinski definition) is 3. The van der Waals surface area contributed by atoms with Crippen molar-refractivity contribution in [2.24, 2.45) is 7.05 Å². The van der Waals surface area contributed by atoms with Crippen LogP contribution in [-0.4, -0.2) is 58.6 Å². The van der Waals surface area contributed by atoms with Gasteiger partial charge in [-0.1, -0.05) is 42.5 Å². The summed E-state index contributed by atoms with van der Waals surface area (Å²) in [6.45, 7) is 2.96. The smallest absolute Gasteiger partial charge is 0.328 e. The van der Waals surface area contributed by atoms with Gasteiger partial charge in [0.1, 0.15) is 17.3 Å². The van der Waals surface area contributed by atoms with Crippen molar-refractivity contribution >= 4 is 28.8 Å². The topological polar surface area (TPSA) is 131 Å². The number of para-hydroxylation sites is 2. The van der Waals surface area contributed by atoms with Crippen LogP contribution in [0.4, 0.5) is 0 Å². The molecule has 0 aliphatic carbocycles. The van der Waals surface area contributed by atoms with E-state index < -0.39 is 23.5 Å². The Morgan fingerprint density at radius 3 is 2.49 bits per heavy atom. The van der Waals surface area contributed by atoms with Crippen molar-refractivity contribution in [2.45, 2.75) is 50.6 Å². The Morgan fingerprint density at radius 2 is 1.77 bits per heavy atom. The first-order valence-corrected chi connectivity index (χ1v) is 13.3. The number of hydrogen-bond acceptors (Lipinski definition) is 7. The summed E-state index contributed by atoms with van der Waals surface area (Å²) in [6, 6.07) is 15.8. The van der Waals surface area contributed by atoms with Crippen LogP contribution in [0.5, 0.6) is 0 Å². The molecule has 3 aromatic rings. The molecule has 1 aliphatic rings. The predicted molar refractivity (Wildman–Crippen MR) is 147 cm³/mol. The van der Waals surface area contributed by atoms with Crippen LogP contribution >= 0.6 is 0 Å².